The molecule has 0 spiro atoms. The third-order valence-electron chi connectivity index (χ3n) is 2.27. The van der Waals surface area contributed by atoms with E-state index in [2.05, 4.69) is 4.74 Å². The highest BCUT2D eigenvalue weighted by molar-refractivity contribution is 8.11. The van der Waals surface area contributed by atoms with Gasteiger partial charge in [-0.05, 0) is 24.1 Å². The SMILES string of the molecule is COC(=O)CN(SC(Cl)(Cl)C(Cl)Cl)S(=O)(=O)c1ccccc1. The molecule has 1 aromatic rings. The summed E-state index contributed by atoms with van der Waals surface area (Å²) in [5, 5.41) is 0. The molecule has 0 radical (unpaired) electrons. The van der Waals surface area contributed by atoms with Crippen molar-refractivity contribution >= 4 is 74.3 Å². The first-order chi connectivity index (χ1) is 10.1. The molecule has 1 aromatic carbocycles. The van der Waals surface area contributed by atoms with Crippen LogP contribution < -0.4 is 0 Å². The Labute approximate surface area is 153 Å². The number of carbonyl (C=O) groups is 1. The third-order valence-corrected chi connectivity index (χ3v) is 7.64. The molecule has 0 saturated heterocycles. The Morgan fingerprint density at radius 3 is 2.32 bits per heavy atom. The Kier molecular flexibility index (Phi) is 7.59. The number of methoxy groups -OCH3 is 1. The molecule has 0 unspecified atom stereocenters. The van der Waals surface area contributed by atoms with Gasteiger partial charge in [0.1, 0.15) is 6.54 Å². The summed E-state index contributed by atoms with van der Waals surface area (Å²) in [7, 11) is -2.94. The highest BCUT2D eigenvalue weighted by Crippen LogP contribution is 2.45. The van der Waals surface area contributed by atoms with Gasteiger partial charge in [0, 0.05) is 0 Å². The van der Waals surface area contributed by atoms with Crippen molar-refractivity contribution in [2.45, 2.75) is 13.4 Å². The van der Waals surface area contributed by atoms with Crippen molar-refractivity contribution in [2.24, 2.45) is 0 Å². The number of hydrogen-bond donors (Lipinski definition) is 0. The Bertz CT molecular complexity index is 610. The summed E-state index contributed by atoms with van der Waals surface area (Å²) in [6.45, 7) is -0.611. The molecule has 0 bridgehead atoms. The first kappa shape index (κ1) is 20.2. The first-order valence-corrected chi connectivity index (χ1v) is 9.45. The molecule has 0 amide bonds. The molecule has 0 aliphatic heterocycles. The van der Waals surface area contributed by atoms with Crippen molar-refractivity contribution in [1.29, 1.82) is 0 Å². The lowest BCUT2D eigenvalue weighted by Crippen LogP contribution is -2.35. The zero-order valence-corrected chi connectivity index (χ0v) is 15.7. The Balaban J connectivity index is 3.18. The molecule has 0 atom stereocenters. The topological polar surface area (TPSA) is 63.7 Å². The van der Waals surface area contributed by atoms with E-state index in [4.69, 9.17) is 46.4 Å². The van der Waals surface area contributed by atoms with Crippen LogP contribution in [0.2, 0.25) is 0 Å². The van der Waals surface area contributed by atoms with Crippen molar-refractivity contribution in [3.63, 3.8) is 0 Å². The van der Waals surface area contributed by atoms with Crippen LogP contribution in [0.4, 0.5) is 0 Å². The number of benzene rings is 1. The van der Waals surface area contributed by atoms with Crippen LogP contribution in [-0.4, -0.2) is 40.3 Å². The fourth-order valence-electron chi connectivity index (χ4n) is 1.22. The molecule has 0 aliphatic carbocycles. The fourth-order valence-corrected chi connectivity index (χ4v) is 4.74. The average molecular weight is 427 g/mol. The second-order valence-corrected chi connectivity index (χ2v) is 10.1. The minimum absolute atomic E-state index is 0.0452. The molecule has 124 valence electrons. The van der Waals surface area contributed by atoms with E-state index >= 15 is 0 Å². The standard InChI is InChI=1S/C11H11Cl4NO4S2/c1-20-9(17)7-16(21-11(14,15)10(12)13)22(18,19)8-5-3-2-4-6-8/h2-6,10H,7H2,1H3. The van der Waals surface area contributed by atoms with E-state index in [-0.39, 0.29) is 4.90 Å². The molecular formula is C11H11Cl4NO4S2. The van der Waals surface area contributed by atoms with Crippen molar-refractivity contribution in [1.82, 2.24) is 3.71 Å². The molecule has 0 aromatic heterocycles. The van der Waals surface area contributed by atoms with Gasteiger partial charge in [-0.3, -0.25) is 4.79 Å². The van der Waals surface area contributed by atoms with Crippen molar-refractivity contribution in [2.75, 3.05) is 13.7 Å². The molecule has 22 heavy (non-hydrogen) atoms. The summed E-state index contributed by atoms with van der Waals surface area (Å²) in [4.78, 5) is 10.1. The van der Waals surface area contributed by atoms with Crippen LogP contribution in [0.25, 0.3) is 0 Å². The van der Waals surface area contributed by atoms with Crippen LogP contribution >= 0.6 is 58.4 Å². The first-order valence-electron chi connectivity index (χ1n) is 5.61. The number of esters is 1. The van der Waals surface area contributed by atoms with Crippen LogP contribution in [0.15, 0.2) is 35.2 Å². The van der Waals surface area contributed by atoms with E-state index in [0.29, 0.717) is 15.7 Å². The molecule has 1 rings (SSSR count). The number of carbonyl (C=O) groups excluding carboxylic acids is 1. The highest BCUT2D eigenvalue weighted by atomic mass is 35.5. The smallest absolute Gasteiger partial charge is 0.322 e. The molecule has 5 nitrogen and oxygen atoms in total. The summed E-state index contributed by atoms with van der Waals surface area (Å²) in [6.07, 6.45) is 0. The third kappa shape index (κ3) is 5.33. The number of hydrogen-bond acceptors (Lipinski definition) is 5. The zero-order chi connectivity index (χ0) is 17.0. The van der Waals surface area contributed by atoms with Crippen LogP contribution in [0.1, 0.15) is 0 Å². The molecule has 0 aliphatic rings. The van der Waals surface area contributed by atoms with Crippen molar-refractivity contribution < 1.29 is 17.9 Å². The van der Waals surface area contributed by atoms with Gasteiger partial charge in [0.15, 0.2) is 4.84 Å². The summed E-state index contributed by atoms with van der Waals surface area (Å²) in [5.74, 6) is -0.795. The van der Waals surface area contributed by atoms with Gasteiger partial charge in [0.25, 0.3) is 10.0 Å². The highest BCUT2D eigenvalue weighted by Gasteiger charge is 2.41. The van der Waals surface area contributed by atoms with E-state index in [9.17, 15) is 13.2 Å². The van der Waals surface area contributed by atoms with Crippen LogP contribution in [-0.2, 0) is 19.6 Å². The second-order valence-electron chi connectivity index (χ2n) is 3.81. The van der Waals surface area contributed by atoms with Crippen LogP contribution in [0.3, 0.4) is 0 Å². The van der Waals surface area contributed by atoms with Gasteiger partial charge in [-0.2, -0.15) is 0 Å². The number of halogens is 4. The molecule has 0 fully saturated rings. The Hall–Kier alpha value is 0.110. The maximum Gasteiger partial charge on any atom is 0.322 e. The summed E-state index contributed by atoms with van der Waals surface area (Å²) in [6, 6.07) is 7.45. The lowest BCUT2D eigenvalue weighted by Gasteiger charge is -2.27. The van der Waals surface area contributed by atoms with Crippen molar-refractivity contribution in [3.8, 4) is 0 Å². The van der Waals surface area contributed by atoms with Gasteiger partial charge in [-0.15, -0.1) is 26.9 Å². The number of sulfonamides is 1. The second kappa shape index (κ2) is 8.28. The van der Waals surface area contributed by atoms with Gasteiger partial charge < -0.3 is 4.74 Å². The number of nitrogens with zero attached hydrogens (tertiary/aromatic N) is 1. The molecular weight excluding hydrogens is 416 g/mol. The van der Waals surface area contributed by atoms with Gasteiger partial charge in [0.05, 0.1) is 12.0 Å². The van der Waals surface area contributed by atoms with Gasteiger partial charge in [0.2, 0.25) is 3.67 Å². The monoisotopic (exact) mass is 425 g/mol. The van der Waals surface area contributed by atoms with Crippen molar-refractivity contribution in [3.05, 3.63) is 30.3 Å². The van der Waals surface area contributed by atoms with Gasteiger partial charge >= 0.3 is 5.97 Å². The maximum atomic E-state index is 12.6. The average Bonchev–Trinajstić information content (AvgIpc) is 2.46. The predicted molar refractivity (Wildman–Crippen MR) is 89.9 cm³/mol. The minimum Gasteiger partial charge on any atom is -0.468 e. The number of alkyl halides is 4. The van der Waals surface area contributed by atoms with E-state index in [1.54, 1.807) is 6.07 Å². The largest absolute Gasteiger partial charge is 0.468 e. The Morgan fingerprint density at radius 1 is 1.32 bits per heavy atom. The van der Waals surface area contributed by atoms with E-state index in [0.717, 1.165) is 7.11 Å². The normalized spacial score (nSPS) is 12.7. The zero-order valence-electron chi connectivity index (χ0n) is 11.1. The Morgan fingerprint density at radius 2 is 1.86 bits per heavy atom. The van der Waals surface area contributed by atoms with E-state index < -0.39 is 31.0 Å². The number of rotatable bonds is 7. The quantitative estimate of drug-likeness (QED) is 0.379. The molecule has 0 saturated carbocycles. The lowest BCUT2D eigenvalue weighted by atomic mass is 10.4. The van der Waals surface area contributed by atoms with E-state index in [1.807, 2.05) is 0 Å². The lowest BCUT2D eigenvalue weighted by molar-refractivity contribution is -0.140. The van der Waals surface area contributed by atoms with Crippen LogP contribution in [0, 0.1) is 0 Å². The molecule has 0 N–H and O–H groups in total. The van der Waals surface area contributed by atoms with Gasteiger partial charge in [-0.25, -0.2) is 8.42 Å². The number of ether oxygens (including phenoxy) is 1. The van der Waals surface area contributed by atoms with E-state index in [1.165, 1.54) is 24.3 Å². The predicted octanol–water partition coefficient (Wildman–Crippen LogP) is 3.43. The molecule has 11 heteroatoms. The summed E-state index contributed by atoms with van der Waals surface area (Å²) in [5.41, 5.74) is 0. The maximum absolute atomic E-state index is 12.6. The van der Waals surface area contributed by atoms with Gasteiger partial charge in [-0.1, -0.05) is 41.4 Å². The van der Waals surface area contributed by atoms with Crippen LogP contribution in [0.5, 0.6) is 0 Å². The summed E-state index contributed by atoms with van der Waals surface area (Å²) >= 11 is 23.4. The minimum atomic E-state index is -4.06. The summed E-state index contributed by atoms with van der Waals surface area (Å²) < 4.78 is 28.4. The fraction of sp³-hybridized carbons (Fsp3) is 0.364. The molecule has 0 heterocycles.